The monoisotopic (exact) mass is 347 g/mol. The van der Waals surface area contributed by atoms with E-state index in [2.05, 4.69) is 10.3 Å². The smallest absolute Gasteiger partial charge is 0.310 e. The Labute approximate surface area is 145 Å². The first-order valence-corrected chi connectivity index (χ1v) is 8.42. The highest BCUT2D eigenvalue weighted by Gasteiger charge is 2.21. The fourth-order valence-electron chi connectivity index (χ4n) is 2.04. The molecule has 1 amide bonds. The van der Waals surface area contributed by atoms with E-state index < -0.39 is 6.04 Å². The van der Waals surface area contributed by atoms with E-state index in [1.165, 1.54) is 18.4 Å². The molecule has 0 saturated carbocycles. The lowest BCUT2D eigenvalue weighted by Crippen LogP contribution is -2.39. The number of carbonyl (C=O) groups is 2. The number of hydrogen-bond donors (Lipinski definition) is 2. The SMILES string of the molecule is COC(=O)Cc1sc(NC(=O)[C@@H](N)C(C)C)nc1-c1ccccc1. The van der Waals surface area contributed by atoms with E-state index in [-0.39, 0.29) is 24.2 Å². The van der Waals surface area contributed by atoms with Crippen LogP contribution in [0.4, 0.5) is 5.13 Å². The van der Waals surface area contributed by atoms with Gasteiger partial charge in [-0.1, -0.05) is 44.2 Å². The lowest BCUT2D eigenvalue weighted by molar-refractivity contribution is -0.139. The van der Waals surface area contributed by atoms with E-state index in [0.717, 1.165) is 10.4 Å². The molecule has 2 rings (SSSR count). The number of methoxy groups -OCH3 is 1. The van der Waals surface area contributed by atoms with Gasteiger partial charge in [-0.25, -0.2) is 4.98 Å². The van der Waals surface area contributed by atoms with Crippen LogP contribution in [0, 0.1) is 5.92 Å². The maximum Gasteiger partial charge on any atom is 0.310 e. The molecule has 0 spiro atoms. The van der Waals surface area contributed by atoms with Gasteiger partial charge >= 0.3 is 5.97 Å². The van der Waals surface area contributed by atoms with Crippen LogP contribution >= 0.6 is 11.3 Å². The normalized spacial score (nSPS) is 12.0. The molecule has 0 aliphatic heterocycles. The summed E-state index contributed by atoms with van der Waals surface area (Å²) in [5, 5.41) is 3.16. The standard InChI is InChI=1S/C17H21N3O3S/c1-10(2)14(18)16(22)20-17-19-15(11-7-5-4-6-8-11)12(24-17)9-13(21)23-3/h4-8,10,14H,9,18H2,1-3H3,(H,19,20,22)/t14-/m0/s1. The summed E-state index contributed by atoms with van der Waals surface area (Å²) >= 11 is 1.26. The maximum atomic E-state index is 12.1. The molecule has 0 bridgehead atoms. The van der Waals surface area contributed by atoms with E-state index in [1.54, 1.807) is 0 Å². The van der Waals surface area contributed by atoms with Crippen LogP contribution in [-0.2, 0) is 20.7 Å². The summed E-state index contributed by atoms with van der Waals surface area (Å²) in [6.45, 7) is 3.76. The number of benzene rings is 1. The molecule has 1 aromatic heterocycles. The van der Waals surface area contributed by atoms with Crippen molar-refractivity contribution in [2.24, 2.45) is 11.7 Å². The highest BCUT2D eigenvalue weighted by Crippen LogP contribution is 2.31. The van der Waals surface area contributed by atoms with Gasteiger partial charge in [0.15, 0.2) is 5.13 Å². The Morgan fingerprint density at radius 2 is 1.96 bits per heavy atom. The van der Waals surface area contributed by atoms with Crippen LogP contribution in [0.15, 0.2) is 30.3 Å². The number of nitrogens with zero attached hydrogens (tertiary/aromatic N) is 1. The van der Waals surface area contributed by atoms with E-state index in [0.29, 0.717) is 10.8 Å². The maximum absolute atomic E-state index is 12.1. The van der Waals surface area contributed by atoms with E-state index in [1.807, 2.05) is 44.2 Å². The van der Waals surface area contributed by atoms with Crippen LogP contribution in [0.3, 0.4) is 0 Å². The number of hydrogen-bond acceptors (Lipinski definition) is 6. The van der Waals surface area contributed by atoms with Crippen molar-refractivity contribution >= 4 is 28.3 Å². The van der Waals surface area contributed by atoms with Crippen molar-refractivity contribution in [3.05, 3.63) is 35.2 Å². The Morgan fingerprint density at radius 3 is 2.54 bits per heavy atom. The van der Waals surface area contributed by atoms with Gasteiger partial charge in [0.1, 0.15) is 0 Å². The third-order valence-corrected chi connectivity index (χ3v) is 4.50. The van der Waals surface area contributed by atoms with E-state index >= 15 is 0 Å². The molecule has 2 aromatic rings. The number of nitrogens with one attached hydrogen (secondary N) is 1. The van der Waals surface area contributed by atoms with Crippen molar-refractivity contribution in [2.45, 2.75) is 26.3 Å². The Bertz CT molecular complexity index is 713. The molecule has 3 N–H and O–H groups in total. The van der Waals surface area contributed by atoms with Gasteiger partial charge in [-0.2, -0.15) is 0 Å². The van der Waals surface area contributed by atoms with Crippen molar-refractivity contribution < 1.29 is 14.3 Å². The highest BCUT2D eigenvalue weighted by molar-refractivity contribution is 7.16. The molecule has 1 atom stereocenters. The van der Waals surface area contributed by atoms with Gasteiger partial charge in [-0.3, -0.25) is 9.59 Å². The van der Waals surface area contributed by atoms with Crippen molar-refractivity contribution in [1.82, 2.24) is 4.98 Å². The number of amides is 1. The van der Waals surface area contributed by atoms with Gasteiger partial charge in [0.25, 0.3) is 0 Å². The summed E-state index contributed by atoms with van der Waals surface area (Å²) in [7, 11) is 1.34. The zero-order valence-electron chi connectivity index (χ0n) is 13.9. The largest absolute Gasteiger partial charge is 0.469 e. The number of ether oxygens (including phenoxy) is 1. The molecule has 1 heterocycles. The molecule has 1 aromatic carbocycles. The molecular formula is C17H21N3O3S. The predicted molar refractivity (Wildman–Crippen MR) is 94.7 cm³/mol. The fourth-order valence-corrected chi connectivity index (χ4v) is 3.01. The predicted octanol–water partition coefficient (Wildman–Crippen LogP) is 2.45. The second-order valence-corrected chi connectivity index (χ2v) is 6.75. The van der Waals surface area contributed by atoms with Crippen molar-refractivity contribution in [3.63, 3.8) is 0 Å². The molecule has 0 aliphatic carbocycles. The second-order valence-electron chi connectivity index (χ2n) is 5.67. The van der Waals surface area contributed by atoms with Crippen LogP contribution in [-0.4, -0.2) is 30.0 Å². The van der Waals surface area contributed by atoms with Gasteiger partial charge in [0.05, 0.1) is 25.3 Å². The lowest BCUT2D eigenvalue weighted by Gasteiger charge is -2.13. The number of rotatable bonds is 6. The first-order valence-electron chi connectivity index (χ1n) is 7.60. The van der Waals surface area contributed by atoms with Gasteiger partial charge in [-0.15, -0.1) is 11.3 Å². The van der Waals surface area contributed by atoms with Gasteiger partial charge in [0, 0.05) is 10.4 Å². The minimum Gasteiger partial charge on any atom is -0.469 e. The fraction of sp³-hybridized carbons (Fsp3) is 0.353. The molecule has 0 unspecified atom stereocenters. The molecule has 7 heteroatoms. The molecule has 24 heavy (non-hydrogen) atoms. The van der Waals surface area contributed by atoms with Crippen LogP contribution in [0.1, 0.15) is 18.7 Å². The first-order chi connectivity index (χ1) is 11.4. The molecular weight excluding hydrogens is 326 g/mol. The van der Waals surface area contributed by atoms with Crippen molar-refractivity contribution in [2.75, 3.05) is 12.4 Å². The molecule has 0 radical (unpaired) electrons. The summed E-state index contributed by atoms with van der Waals surface area (Å²) < 4.78 is 4.74. The Kier molecular flexibility index (Phi) is 6.05. The zero-order valence-corrected chi connectivity index (χ0v) is 14.7. The van der Waals surface area contributed by atoms with Crippen LogP contribution in [0.25, 0.3) is 11.3 Å². The van der Waals surface area contributed by atoms with Crippen molar-refractivity contribution in [3.8, 4) is 11.3 Å². The average Bonchev–Trinajstić information content (AvgIpc) is 2.96. The number of carbonyl (C=O) groups excluding carboxylic acids is 2. The van der Waals surface area contributed by atoms with Crippen LogP contribution in [0.5, 0.6) is 0 Å². The average molecular weight is 347 g/mol. The van der Waals surface area contributed by atoms with Gasteiger partial charge in [-0.05, 0) is 5.92 Å². The molecule has 0 saturated heterocycles. The topological polar surface area (TPSA) is 94.3 Å². The Morgan fingerprint density at radius 1 is 1.29 bits per heavy atom. The number of esters is 1. The van der Waals surface area contributed by atoms with Crippen LogP contribution in [0.2, 0.25) is 0 Å². The van der Waals surface area contributed by atoms with Crippen molar-refractivity contribution in [1.29, 1.82) is 0 Å². The summed E-state index contributed by atoms with van der Waals surface area (Å²) in [6.07, 6.45) is 0.102. The zero-order chi connectivity index (χ0) is 17.7. The molecule has 0 fully saturated rings. The summed E-state index contributed by atoms with van der Waals surface area (Å²) in [5.74, 6) is -0.622. The molecule has 0 aliphatic rings. The summed E-state index contributed by atoms with van der Waals surface area (Å²) in [4.78, 5) is 29.0. The second kappa shape index (κ2) is 8.03. The molecule has 128 valence electrons. The lowest BCUT2D eigenvalue weighted by atomic mass is 10.1. The number of anilines is 1. The number of nitrogens with two attached hydrogens (primary N) is 1. The van der Waals surface area contributed by atoms with E-state index in [9.17, 15) is 9.59 Å². The van der Waals surface area contributed by atoms with Gasteiger partial charge < -0.3 is 15.8 Å². The third-order valence-electron chi connectivity index (χ3n) is 3.53. The van der Waals surface area contributed by atoms with Crippen LogP contribution < -0.4 is 11.1 Å². The summed E-state index contributed by atoms with van der Waals surface area (Å²) in [6, 6.07) is 8.88. The minimum atomic E-state index is -0.613. The third kappa shape index (κ3) is 4.39. The summed E-state index contributed by atoms with van der Waals surface area (Å²) in [5.41, 5.74) is 7.40. The minimum absolute atomic E-state index is 0.0214. The Hall–Kier alpha value is -2.25. The first kappa shape index (κ1) is 18.1. The number of aromatic nitrogens is 1. The highest BCUT2D eigenvalue weighted by atomic mass is 32.1. The van der Waals surface area contributed by atoms with E-state index in [4.69, 9.17) is 10.5 Å². The Balaban J connectivity index is 2.31. The van der Waals surface area contributed by atoms with Gasteiger partial charge in [0.2, 0.25) is 5.91 Å². The molecule has 6 nitrogen and oxygen atoms in total. The quantitative estimate of drug-likeness (QED) is 0.783. The number of thiazole rings is 1.